The van der Waals surface area contributed by atoms with E-state index in [1.54, 1.807) is 20.1 Å². The van der Waals surface area contributed by atoms with E-state index in [-0.39, 0.29) is 6.42 Å². The van der Waals surface area contributed by atoms with Crippen LogP contribution in [0.25, 0.3) is 0 Å². The molecule has 0 fully saturated rings. The lowest BCUT2D eigenvalue weighted by atomic mass is 9.97. The number of rotatable bonds is 15. The van der Waals surface area contributed by atoms with Crippen LogP contribution in [0.15, 0.2) is 0 Å². The fraction of sp³-hybridized carbons (Fsp3) is 0.737. The van der Waals surface area contributed by atoms with Crippen LogP contribution in [0.1, 0.15) is 40.0 Å². The monoisotopic (exact) mass is 477 g/mol. The summed E-state index contributed by atoms with van der Waals surface area (Å²) in [6, 6.07) is -5.04. The fourth-order valence-electron chi connectivity index (χ4n) is 2.61. The Balaban J connectivity index is 5.55. The number of nitrogens with one attached hydrogen (secondary N) is 3. The molecule has 184 valence electrons. The number of primary amides is 1. The van der Waals surface area contributed by atoms with Crippen LogP contribution in [0, 0.1) is 5.92 Å². The van der Waals surface area contributed by atoms with Crippen molar-refractivity contribution < 1.29 is 34.2 Å². The van der Waals surface area contributed by atoms with Crippen LogP contribution in [0.3, 0.4) is 0 Å². The second-order valence-corrected chi connectivity index (χ2v) is 8.54. The van der Waals surface area contributed by atoms with Crippen molar-refractivity contribution in [1.82, 2.24) is 16.0 Å². The molecule has 6 unspecified atom stereocenters. The van der Waals surface area contributed by atoms with E-state index in [2.05, 4.69) is 16.0 Å². The van der Waals surface area contributed by atoms with Crippen molar-refractivity contribution in [3.63, 3.8) is 0 Å². The third-order valence-corrected chi connectivity index (χ3v) is 5.52. The zero-order valence-electron chi connectivity index (χ0n) is 18.8. The van der Waals surface area contributed by atoms with Gasteiger partial charge in [0.25, 0.3) is 0 Å². The lowest BCUT2D eigenvalue weighted by Gasteiger charge is -2.28. The molecular weight excluding hydrogens is 442 g/mol. The molecule has 0 saturated heterocycles. The zero-order valence-corrected chi connectivity index (χ0v) is 19.6. The second kappa shape index (κ2) is 14.6. The number of nitrogens with two attached hydrogens (primary N) is 2. The van der Waals surface area contributed by atoms with E-state index in [4.69, 9.17) is 11.5 Å². The molecule has 0 aromatic heterocycles. The van der Waals surface area contributed by atoms with Gasteiger partial charge in [-0.05, 0) is 31.3 Å². The van der Waals surface area contributed by atoms with Crippen molar-refractivity contribution in [3.05, 3.63) is 0 Å². The Morgan fingerprint density at radius 2 is 1.53 bits per heavy atom. The van der Waals surface area contributed by atoms with E-state index in [1.165, 1.54) is 18.7 Å². The SMILES string of the molecule is CCC(C)C(NC(=O)C(CC(N)=O)NC(=O)C(N)C(C)O)C(=O)NC(CCSC)C(=O)O. The predicted octanol–water partition coefficient (Wildman–Crippen LogP) is -2.09. The Morgan fingerprint density at radius 3 is 1.97 bits per heavy atom. The maximum absolute atomic E-state index is 12.8. The maximum atomic E-state index is 12.8. The van der Waals surface area contributed by atoms with Crippen LogP contribution in [0.2, 0.25) is 0 Å². The van der Waals surface area contributed by atoms with E-state index in [1.807, 2.05) is 0 Å². The van der Waals surface area contributed by atoms with Gasteiger partial charge in [0, 0.05) is 0 Å². The Labute approximate surface area is 191 Å². The highest BCUT2D eigenvalue weighted by atomic mass is 32.2. The van der Waals surface area contributed by atoms with Gasteiger partial charge in [-0.15, -0.1) is 0 Å². The third kappa shape index (κ3) is 10.3. The molecule has 0 radical (unpaired) electrons. The highest BCUT2D eigenvalue weighted by molar-refractivity contribution is 7.98. The van der Waals surface area contributed by atoms with Gasteiger partial charge in [-0.2, -0.15) is 11.8 Å². The molecule has 0 spiro atoms. The van der Waals surface area contributed by atoms with Gasteiger partial charge in [-0.3, -0.25) is 19.2 Å². The van der Waals surface area contributed by atoms with Crippen LogP contribution in [-0.2, 0) is 24.0 Å². The first-order valence-electron chi connectivity index (χ1n) is 10.2. The number of aliphatic hydroxyl groups is 1. The number of hydrogen-bond acceptors (Lipinski definition) is 8. The Bertz CT molecular complexity index is 676. The van der Waals surface area contributed by atoms with Gasteiger partial charge in [0.1, 0.15) is 24.2 Å². The Morgan fingerprint density at radius 1 is 0.969 bits per heavy atom. The summed E-state index contributed by atoms with van der Waals surface area (Å²) in [6.07, 6.45) is 0.700. The number of carbonyl (C=O) groups excluding carboxylic acids is 4. The molecule has 9 N–H and O–H groups in total. The normalized spacial score (nSPS) is 16.6. The summed E-state index contributed by atoms with van der Waals surface area (Å²) < 4.78 is 0. The van der Waals surface area contributed by atoms with Crippen molar-refractivity contribution in [2.45, 2.75) is 70.3 Å². The molecule has 0 aromatic rings. The molecule has 0 saturated carbocycles. The highest BCUT2D eigenvalue weighted by Gasteiger charge is 2.33. The van der Waals surface area contributed by atoms with Gasteiger partial charge >= 0.3 is 5.97 Å². The summed E-state index contributed by atoms with van der Waals surface area (Å²) in [5.74, 6) is -4.42. The fourth-order valence-corrected chi connectivity index (χ4v) is 3.08. The number of carboxylic acid groups (broad SMARTS) is 1. The number of carboxylic acids is 1. The smallest absolute Gasteiger partial charge is 0.326 e. The van der Waals surface area contributed by atoms with E-state index >= 15 is 0 Å². The maximum Gasteiger partial charge on any atom is 0.326 e. The minimum Gasteiger partial charge on any atom is -0.480 e. The van der Waals surface area contributed by atoms with Crippen LogP contribution in [-0.4, -0.2) is 82.1 Å². The van der Waals surface area contributed by atoms with E-state index in [9.17, 15) is 34.2 Å². The topological polar surface area (TPSA) is 214 Å². The zero-order chi connectivity index (χ0) is 25.0. The van der Waals surface area contributed by atoms with Crippen molar-refractivity contribution >= 4 is 41.4 Å². The Hall–Kier alpha value is -2.38. The lowest BCUT2D eigenvalue weighted by molar-refractivity contribution is -0.142. The summed E-state index contributed by atoms with van der Waals surface area (Å²) >= 11 is 1.43. The summed E-state index contributed by atoms with van der Waals surface area (Å²) in [5, 5.41) is 26.0. The quantitative estimate of drug-likeness (QED) is 0.137. The van der Waals surface area contributed by atoms with Crippen LogP contribution >= 0.6 is 11.8 Å². The van der Waals surface area contributed by atoms with Crippen molar-refractivity contribution in [2.75, 3.05) is 12.0 Å². The van der Waals surface area contributed by atoms with E-state index in [0.717, 1.165) is 0 Å². The molecule has 13 heteroatoms. The molecule has 0 aliphatic rings. The molecule has 0 aliphatic carbocycles. The summed E-state index contributed by atoms with van der Waals surface area (Å²) in [5.41, 5.74) is 10.7. The highest BCUT2D eigenvalue weighted by Crippen LogP contribution is 2.10. The number of amides is 4. The van der Waals surface area contributed by atoms with Crippen molar-refractivity contribution in [3.8, 4) is 0 Å². The number of hydrogen-bond donors (Lipinski definition) is 7. The molecule has 0 rings (SSSR count). The molecule has 4 amide bonds. The van der Waals surface area contributed by atoms with Crippen molar-refractivity contribution in [2.24, 2.45) is 17.4 Å². The number of thioether (sulfide) groups is 1. The average molecular weight is 478 g/mol. The summed E-state index contributed by atoms with van der Waals surface area (Å²) in [7, 11) is 0. The van der Waals surface area contributed by atoms with Gasteiger partial charge in [-0.25, -0.2) is 4.79 Å². The third-order valence-electron chi connectivity index (χ3n) is 4.88. The second-order valence-electron chi connectivity index (χ2n) is 7.55. The minimum absolute atomic E-state index is 0.195. The van der Waals surface area contributed by atoms with Crippen LogP contribution in [0.5, 0.6) is 0 Å². The first-order valence-corrected chi connectivity index (χ1v) is 11.6. The van der Waals surface area contributed by atoms with Gasteiger partial charge in [0.2, 0.25) is 23.6 Å². The summed E-state index contributed by atoms with van der Waals surface area (Å²) in [4.78, 5) is 60.6. The molecule has 32 heavy (non-hydrogen) atoms. The minimum atomic E-state index is -1.43. The number of aliphatic carboxylic acids is 1. The molecule has 0 aromatic carbocycles. The largest absolute Gasteiger partial charge is 0.480 e. The van der Waals surface area contributed by atoms with E-state index < -0.39 is 72.2 Å². The molecule has 0 heterocycles. The molecule has 0 bridgehead atoms. The van der Waals surface area contributed by atoms with Gasteiger partial charge in [0.05, 0.1) is 12.5 Å². The summed E-state index contributed by atoms with van der Waals surface area (Å²) in [6.45, 7) is 4.75. The van der Waals surface area contributed by atoms with Gasteiger partial charge < -0.3 is 37.6 Å². The van der Waals surface area contributed by atoms with Crippen LogP contribution < -0.4 is 27.4 Å². The standard InChI is InChI=1S/C19H35N5O7S/c1-5-9(2)15(18(29)22-11(19(30)31)6-7-32-4)24-16(27)12(8-13(20)26)23-17(28)14(21)10(3)25/h9-12,14-15,25H,5-8,21H2,1-4H3,(H2,20,26)(H,22,29)(H,23,28)(H,24,27)(H,30,31). The van der Waals surface area contributed by atoms with Crippen LogP contribution in [0.4, 0.5) is 0 Å². The first kappa shape index (κ1) is 29.6. The molecule has 0 aliphatic heterocycles. The molecule has 6 atom stereocenters. The predicted molar refractivity (Wildman–Crippen MR) is 119 cm³/mol. The molecular formula is C19H35N5O7S. The first-order chi connectivity index (χ1) is 14.8. The lowest BCUT2D eigenvalue weighted by Crippen LogP contribution is -2.60. The van der Waals surface area contributed by atoms with Gasteiger partial charge in [0.15, 0.2) is 0 Å². The van der Waals surface area contributed by atoms with Crippen molar-refractivity contribution in [1.29, 1.82) is 0 Å². The van der Waals surface area contributed by atoms with E-state index in [0.29, 0.717) is 12.2 Å². The Kier molecular flexibility index (Phi) is 13.5. The van der Waals surface area contributed by atoms with Gasteiger partial charge in [-0.1, -0.05) is 20.3 Å². The average Bonchev–Trinajstić information content (AvgIpc) is 2.71. The molecule has 12 nitrogen and oxygen atoms in total. The number of carbonyl (C=O) groups is 5. The number of aliphatic hydroxyl groups excluding tert-OH is 1.